The molecule has 0 unspecified atom stereocenters. The van der Waals surface area contributed by atoms with E-state index in [0.717, 1.165) is 44.8 Å². The van der Waals surface area contributed by atoms with Crippen LogP contribution in [0.1, 0.15) is 48.9 Å². The summed E-state index contributed by atoms with van der Waals surface area (Å²) in [5.74, 6) is 0.503. The highest BCUT2D eigenvalue weighted by atomic mass is 16.5. The Morgan fingerprint density at radius 3 is 2.44 bits per heavy atom. The second-order valence-corrected chi connectivity index (χ2v) is 9.23. The fourth-order valence-corrected chi connectivity index (χ4v) is 3.64. The lowest BCUT2D eigenvalue weighted by Crippen LogP contribution is -2.41. The van der Waals surface area contributed by atoms with Crippen molar-refractivity contribution >= 4 is 17.6 Å². The Kier molecular flexibility index (Phi) is 8.04. The Balaban J connectivity index is 1.66. The molecule has 1 aromatic heterocycles. The third-order valence-corrected chi connectivity index (χ3v) is 5.52. The van der Waals surface area contributed by atoms with Crippen LogP contribution in [0.3, 0.4) is 0 Å². The molecular formula is C24H34N4O4. The molecule has 2 aromatic rings. The van der Waals surface area contributed by atoms with Crippen molar-refractivity contribution < 1.29 is 18.8 Å². The maximum Gasteiger partial charge on any atom is 0.254 e. The minimum Gasteiger partial charge on any atom is -0.379 e. The Labute approximate surface area is 189 Å². The number of aryl methyl sites for hydroxylation is 1. The molecule has 0 spiro atoms. The molecule has 2 amide bonds. The standard InChI is InChI=1S/C24H34N4O4/c1-18-16-21(26-32-18)25-22(29)17-28(11-5-10-27-12-14-31-15-13-27)23(30)19-6-8-20(9-7-19)24(2,3)4/h6-9,16H,5,10-15,17H2,1-4H3,(H,25,26,29). The van der Waals surface area contributed by atoms with Crippen LogP contribution in [0.4, 0.5) is 5.82 Å². The van der Waals surface area contributed by atoms with Crippen molar-refractivity contribution in [3.05, 3.63) is 47.2 Å². The zero-order chi connectivity index (χ0) is 23.1. The molecule has 174 valence electrons. The molecule has 1 N–H and O–H groups in total. The van der Waals surface area contributed by atoms with Crippen LogP contribution in [0.2, 0.25) is 0 Å². The van der Waals surface area contributed by atoms with Gasteiger partial charge in [-0.15, -0.1) is 0 Å². The predicted molar refractivity (Wildman–Crippen MR) is 123 cm³/mol. The molecule has 3 rings (SSSR count). The van der Waals surface area contributed by atoms with Gasteiger partial charge in [-0.3, -0.25) is 14.5 Å². The van der Waals surface area contributed by atoms with Gasteiger partial charge in [-0.05, 0) is 36.5 Å². The summed E-state index contributed by atoms with van der Waals surface area (Å²) in [6.45, 7) is 12.7. The number of rotatable bonds is 8. The molecule has 1 aliphatic heterocycles. The summed E-state index contributed by atoms with van der Waals surface area (Å²) in [5.41, 5.74) is 1.75. The minimum absolute atomic E-state index is 0.00896. The molecule has 2 heterocycles. The van der Waals surface area contributed by atoms with Gasteiger partial charge in [0.25, 0.3) is 5.91 Å². The van der Waals surface area contributed by atoms with E-state index >= 15 is 0 Å². The zero-order valence-electron chi connectivity index (χ0n) is 19.5. The summed E-state index contributed by atoms with van der Waals surface area (Å²) in [5, 5.41) is 6.50. The first-order valence-electron chi connectivity index (χ1n) is 11.2. The Morgan fingerprint density at radius 1 is 1.16 bits per heavy atom. The van der Waals surface area contributed by atoms with Crippen molar-refractivity contribution in [3.63, 3.8) is 0 Å². The predicted octanol–water partition coefficient (Wildman–Crippen LogP) is 3.08. The number of benzene rings is 1. The minimum atomic E-state index is -0.302. The van der Waals surface area contributed by atoms with E-state index in [2.05, 4.69) is 36.1 Å². The molecule has 8 nitrogen and oxygen atoms in total. The van der Waals surface area contributed by atoms with Gasteiger partial charge in [-0.2, -0.15) is 0 Å². The number of carbonyl (C=O) groups is 2. The maximum atomic E-state index is 13.3. The molecule has 8 heteroatoms. The lowest BCUT2D eigenvalue weighted by atomic mass is 9.86. The van der Waals surface area contributed by atoms with Gasteiger partial charge in [0.15, 0.2) is 5.82 Å². The van der Waals surface area contributed by atoms with Crippen molar-refractivity contribution in [2.75, 3.05) is 51.3 Å². The Morgan fingerprint density at radius 2 is 1.84 bits per heavy atom. The fraction of sp³-hybridized carbons (Fsp3) is 0.542. The van der Waals surface area contributed by atoms with Crippen molar-refractivity contribution in [2.45, 2.75) is 39.5 Å². The van der Waals surface area contributed by atoms with Crippen LogP contribution in [-0.4, -0.2) is 72.7 Å². The number of anilines is 1. The third-order valence-electron chi connectivity index (χ3n) is 5.52. The third kappa shape index (κ3) is 6.90. The van der Waals surface area contributed by atoms with E-state index in [0.29, 0.717) is 23.7 Å². The monoisotopic (exact) mass is 442 g/mol. The van der Waals surface area contributed by atoms with E-state index in [1.54, 1.807) is 17.9 Å². The van der Waals surface area contributed by atoms with Gasteiger partial charge >= 0.3 is 0 Å². The smallest absolute Gasteiger partial charge is 0.254 e. The van der Waals surface area contributed by atoms with Crippen LogP contribution >= 0.6 is 0 Å². The summed E-state index contributed by atoms with van der Waals surface area (Å²) in [7, 11) is 0. The topological polar surface area (TPSA) is 87.9 Å². The first-order valence-corrected chi connectivity index (χ1v) is 11.2. The number of carbonyl (C=O) groups excluding carboxylic acids is 2. The Bertz CT molecular complexity index is 895. The van der Waals surface area contributed by atoms with Crippen LogP contribution in [0.5, 0.6) is 0 Å². The van der Waals surface area contributed by atoms with E-state index in [4.69, 9.17) is 9.26 Å². The summed E-state index contributed by atoms with van der Waals surface area (Å²) in [6, 6.07) is 9.30. The second-order valence-electron chi connectivity index (χ2n) is 9.23. The summed E-state index contributed by atoms with van der Waals surface area (Å²) < 4.78 is 10.4. The number of hydrogen-bond acceptors (Lipinski definition) is 6. The number of morpholine rings is 1. The molecule has 1 aliphatic rings. The number of hydrogen-bond donors (Lipinski definition) is 1. The quantitative estimate of drug-likeness (QED) is 0.676. The molecular weight excluding hydrogens is 408 g/mol. The summed E-state index contributed by atoms with van der Waals surface area (Å²) >= 11 is 0. The highest BCUT2D eigenvalue weighted by Crippen LogP contribution is 2.22. The van der Waals surface area contributed by atoms with Crippen LogP contribution < -0.4 is 5.32 Å². The average molecular weight is 443 g/mol. The number of ether oxygens (including phenoxy) is 1. The van der Waals surface area contributed by atoms with Gasteiger partial charge in [-0.1, -0.05) is 38.1 Å². The Hall–Kier alpha value is -2.71. The summed E-state index contributed by atoms with van der Waals surface area (Å²) in [6.07, 6.45) is 0.780. The first kappa shape index (κ1) is 23.9. The van der Waals surface area contributed by atoms with Gasteiger partial charge in [-0.25, -0.2) is 0 Å². The zero-order valence-corrected chi connectivity index (χ0v) is 19.5. The molecule has 32 heavy (non-hydrogen) atoms. The van der Waals surface area contributed by atoms with E-state index < -0.39 is 0 Å². The highest BCUT2D eigenvalue weighted by Gasteiger charge is 2.21. The van der Waals surface area contributed by atoms with Gasteiger partial charge in [0.05, 0.1) is 13.2 Å². The van der Waals surface area contributed by atoms with Crippen molar-refractivity contribution in [1.82, 2.24) is 15.0 Å². The second kappa shape index (κ2) is 10.7. The number of nitrogens with zero attached hydrogens (tertiary/aromatic N) is 3. The number of nitrogens with one attached hydrogen (secondary N) is 1. The van der Waals surface area contributed by atoms with Crippen LogP contribution in [-0.2, 0) is 14.9 Å². The normalized spacial score (nSPS) is 14.9. The molecule has 0 bridgehead atoms. The van der Waals surface area contributed by atoms with Gasteiger partial charge in [0.2, 0.25) is 5.91 Å². The van der Waals surface area contributed by atoms with E-state index in [1.807, 2.05) is 24.3 Å². The SMILES string of the molecule is Cc1cc(NC(=O)CN(CCCN2CCOCC2)C(=O)c2ccc(C(C)(C)C)cc2)no1. The lowest BCUT2D eigenvalue weighted by Gasteiger charge is -2.28. The van der Waals surface area contributed by atoms with Crippen molar-refractivity contribution in [1.29, 1.82) is 0 Å². The summed E-state index contributed by atoms with van der Waals surface area (Å²) in [4.78, 5) is 29.8. The van der Waals surface area contributed by atoms with Crippen molar-refractivity contribution in [2.24, 2.45) is 0 Å². The maximum absolute atomic E-state index is 13.3. The van der Waals surface area contributed by atoms with Crippen LogP contribution in [0, 0.1) is 6.92 Å². The first-order chi connectivity index (χ1) is 15.2. The molecule has 1 saturated heterocycles. The van der Waals surface area contributed by atoms with Crippen molar-refractivity contribution in [3.8, 4) is 0 Å². The van der Waals surface area contributed by atoms with E-state index in [-0.39, 0.29) is 23.8 Å². The van der Waals surface area contributed by atoms with Gasteiger partial charge in [0, 0.05) is 37.8 Å². The fourth-order valence-electron chi connectivity index (χ4n) is 3.64. The molecule has 0 aliphatic carbocycles. The molecule has 0 atom stereocenters. The molecule has 0 radical (unpaired) electrons. The number of amides is 2. The van der Waals surface area contributed by atoms with Crippen LogP contribution in [0.15, 0.2) is 34.9 Å². The van der Waals surface area contributed by atoms with Gasteiger partial charge < -0.3 is 19.5 Å². The molecule has 1 aromatic carbocycles. The van der Waals surface area contributed by atoms with E-state index in [1.165, 1.54) is 0 Å². The van der Waals surface area contributed by atoms with E-state index in [9.17, 15) is 9.59 Å². The largest absolute Gasteiger partial charge is 0.379 e. The van der Waals surface area contributed by atoms with Gasteiger partial charge in [0.1, 0.15) is 12.3 Å². The van der Waals surface area contributed by atoms with Crippen LogP contribution in [0.25, 0.3) is 0 Å². The number of aromatic nitrogens is 1. The average Bonchev–Trinajstić information content (AvgIpc) is 3.17. The molecule has 1 fully saturated rings. The molecule has 0 saturated carbocycles. The highest BCUT2D eigenvalue weighted by molar-refractivity contribution is 5.99. The lowest BCUT2D eigenvalue weighted by molar-refractivity contribution is -0.117.